The molecule has 0 bridgehead atoms. The van der Waals surface area contributed by atoms with Gasteiger partial charge >= 0.3 is 6.36 Å². The van der Waals surface area contributed by atoms with Crippen molar-refractivity contribution < 1.29 is 31.1 Å². The summed E-state index contributed by atoms with van der Waals surface area (Å²) in [5.74, 6) is -1.16. The number of benzene rings is 2. The van der Waals surface area contributed by atoms with E-state index in [1.54, 1.807) is 0 Å². The third kappa shape index (κ3) is 5.20. The molecule has 0 aliphatic heterocycles. The second-order valence-electron chi connectivity index (χ2n) is 4.88. The Kier molecular flexibility index (Phi) is 5.43. The molecule has 134 valence electrons. The fourth-order valence-corrected chi connectivity index (χ4v) is 3.42. The summed E-state index contributed by atoms with van der Waals surface area (Å²) < 4.78 is 68.6. The standard InChI is InChI=1S/C15H11BrF3NO4S/c1-9(21)10-3-2-4-12(7-10)20-25(22,23)14-6-5-11(16)8-13(14)24-15(17,18)19/h2-8,20H,1H3. The predicted octanol–water partition coefficient (Wildman–Crippen LogP) is 4.35. The number of nitrogens with one attached hydrogen (secondary N) is 1. The van der Waals surface area contributed by atoms with Gasteiger partial charge in [0, 0.05) is 15.7 Å². The third-order valence-corrected chi connectivity index (χ3v) is 4.86. The van der Waals surface area contributed by atoms with Crippen LogP contribution in [0.3, 0.4) is 0 Å². The topological polar surface area (TPSA) is 72.5 Å². The van der Waals surface area contributed by atoms with Gasteiger partial charge in [0.05, 0.1) is 0 Å². The molecule has 2 aromatic carbocycles. The number of ether oxygens (including phenoxy) is 1. The molecule has 0 radical (unpaired) electrons. The summed E-state index contributed by atoms with van der Waals surface area (Å²) in [5, 5.41) is 0. The third-order valence-electron chi connectivity index (χ3n) is 2.94. The van der Waals surface area contributed by atoms with Gasteiger partial charge in [-0.2, -0.15) is 0 Å². The Morgan fingerprint density at radius 3 is 2.44 bits per heavy atom. The summed E-state index contributed by atoms with van der Waals surface area (Å²) in [5.41, 5.74) is 0.288. The highest BCUT2D eigenvalue weighted by Gasteiger charge is 2.34. The lowest BCUT2D eigenvalue weighted by molar-refractivity contribution is -0.275. The van der Waals surface area contributed by atoms with E-state index in [2.05, 4.69) is 25.4 Å². The van der Waals surface area contributed by atoms with Gasteiger partial charge in [0.25, 0.3) is 10.0 Å². The molecule has 0 aromatic heterocycles. The van der Waals surface area contributed by atoms with Crippen LogP contribution < -0.4 is 9.46 Å². The van der Waals surface area contributed by atoms with Crippen LogP contribution in [0.5, 0.6) is 5.75 Å². The number of ketones is 1. The maximum absolute atomic E-state index is 12.5. The maximum atomic E-state index is 12.5. The molecule has 0 heterocycles. The lowest BCUT2D eigenvalue weighted by atomic mass is 10.1. The average Bonchev–Trinajstić information content (AvgIpc) is 2.44. The minimum absolute atomic E-state index is 0.0357. The predicted molar refractivity (Wildman–Crippen MR) is 88.1 cm³/mol. The average molecular weight is 438 g/mol. The van der Waals surface area contributed by atoms with E-state index in [1.165, 1.54) is 37.3 Å². The van der Waals surface area contributed by atoms with Crippen molar-refractivity contribution in [2.75, 3.05) is 4.72 Å². The van der Waals surface area contributed by atoms with Crippen LogP contribution in [0.1, 0.15) is 17.3 Å². The number of rotatable bonds is 5. The van der Waals surface area contributed by atoms with Crippen LogP contribution in [0.4, 0.5) is 18.9 Å². The van der Waals surface area contributed by atoms with Crippen molar-refractivity contribution in [1.82, 2.24) is 0 Å². The molecular weight excluding hydrogens is 427 g/mol. The molecule has 5 nitrogen and oxygen atoms in total. The zero-order chi connectivity index (χ0) is 18.8. The van der Waals surface area contributed by atoms with E-state index in [-0.39, 0.29) is 21.5 Å². The Morgan fingerprint density at radius 2 is 1.84 bits per heavy atom. The highest BCUT2D eigenvalue weighted by molar-refractivity contribution is 9.10. The lowest BCUT2D eigenvalue weighted by Crippen LogP contribution is -2.21. The zero-order valence-corrected chi connectivity index (χ0v) is 15.0. The molecule has 0 spiro atoms. The van der Waals surface area contributed by atoms with Crippen molar-refractivity contribution in [3.8, 4) is 5.75 Å². The number of Topliss-reactive ketones (excluding diaryl/α,β-unsaturated/α-hetero) is 1. The normalized spacial score (nSPS) is 11.9. The molecule has 0 aliphatic rings. The zero-order valence-electron chi connectivity index (χ0n) is 12.6. The molecule has 0 saturated carbocycles. The van der Waals surface area contributed by atoms with Gasteiger partial charge in [-0.05, 0) is 37.3 Å². The summed E-state index contributed by atoms with van der Waals surface area (Å²) in [4.78, 5) is 10.7. The minimum atomic E-state index is -5.06. The van der Waals surface area contributed by atoms with E-state index < -0.39 is 27.0 Å². The molecule has 0 saturated heterocycles. The van der Waals surface area contributed by atoms with Gasteiger partial charge in [0.2, 0.25) is 0 Å². The van der Waals surface area contributed by atoms with Gasteiger partial charge in [-0.25, -0.2) is 8.42 Å². The summed E-state index contributed by atoms with van der Waals surface area (Å²) in [6, 6.07) is 8.72. The highest BCUT2D eigenvalue weighted by Crippen LogP contribution is 2.33. The monoisotopic (exact) mass is 437 g/mol. The van der Waals surface area contributed by atoms with Crippen molar-refractivity contribution in [2.24, 2.45) is 0 Å². The van der Waals surface area contributed by atoms with Crippen LogP contribution in [0.2, 0.25) is 0 Å². The Morgan fingerprint density at radius 1 is 1.16 bits per heavy atom. The van der Waals surface area contributed by atoms with Crippen molar-refractivity contribution in [3.05, 3.63) is 52.5 Å². The van der Waals surface area contributed by atoms with E-state index in [9.17, 15) is 26.4 Å². The van der Waals surface area contributed by atoms with Crippen molar-refractivity contribution in [3.63, 3.8) is 0 Å². The maximum Gasteiger partial charge on any atom is 0.573 e. The van der Waals surface area contributed by atoms with E-state index in [4.69, 9.17) is 0 Å². The van der Waals surface area contributed by atoms with Crippen molar-refractivity contribution in [1.29, 1.82) is 0 Å². The van der Waals surface area contributed by atoms with Gasteiger partial charge in [-0.1, -0.05) is 28.1 Å². The summed E-state index contributed by atoms with van der Waals surface area (Å²) in [7, 11) is -4.38. The Bertz CT molecular complexity index is 913. The summed E-state index contributed by atoms with van der Waals surface area (Å²) in [6.07, 6.45) is -5.06. The molecule has 10 heteroatoms. The number of alkyl halides is 3. The molecule has 0 amide bonds. The van der Waals surface area contributed by atoms with E-state index in [0.29, 0.717) is 0 Å². The van der Waals surface area contributed by atoms with Gasteiger partial charge in [0.1, 0.15) is 4.90 Å². The molecule has 0 atom stereocenters. The molecule has 1 N–H and O–H groups in total. The largest absolute Gasteiger partial charge is 0.573 e. The summed E-state index contributed by atoms with van der Waals surface area (Å²) in [6.45, 7) is 1.30. The minimum Gasteiger partial charge on any atom is -0.404 e. The van der Waals surface area contributed by atoms with E-state index in [0.717, 1.165) is 12.1 Å². The van der Waals surface area contributed by atoms with Crippen LogP contribution in [0, 0.1) is 0 Å². The van der Waals surface area contributed by atoms with Crippen LogP contribution >= 0.6 is 15.9 Å². The first-order chi connectivity index (χ1) is 11.5. The first kappa shape index (κ1) is 19.3. The molecule has 25 heavy (non-hydrogen) atoms. The molecular formula is C15H11BrF3NO4S. The van der Waals surface area contributed by atoms with Crippen LogP contribution in [0.25, 0.3) is 0 Å². The number of carbonyl (C=O) groups excluding carboxylic acids is 1. The fourth-order valence-electron chi connectivity index (χ4n) is 1.92. The summed E-state index contributed by atoms with van der Waals surface area (Å²) >= 11 is 2.96. The smallest absolute Gasteiger partial charge is 0.404 e. The number of hydrogen-bond acceptors (Lipinski definition) is 4. The van der Waals surface area contributed by atoms with Gasteiger partial charge in [-0.3, -0.25) is 9.52 Å². The van der Waals surface area contributed by atoms with Gasteiger partial charge in [0.15, 0.2) is 11.5 Å². The molecule has 2 rings (SSSR count). The number of hydrogen-bond donors (Lipinski definition) is 1. The van der Waals surface area contributed by atoms with E-state index in [1.807, 2.05) is 0 Å². The second kappa shape index (κ2) is 7.04. The molecule has 0 unspecified atom stereocenters. The fraction of sp³-hybridized carbons (Fsp3) is 0.133. The first-order valence-corrected chi connectivity index (χ1v) is 8.95. The van der Waals surface area contributed by atoms with Crippen molar-refractivity contribution in [2.45, 2.75) is 18.2 Å². The number of halogens is 4. The molecule has 0 aliphatic carbocycles. The quantitative estimate of drug-likeness (QED) is 0.705. The number of anilines is 1. The van der Waals surface area contributed by atoms with Crippen LogP contribution in [-0.2, 0) is 10.0 Å². The van der Waals surface area contributed by atoms with Gasteiger partial charge < -0.3 is 4.74 Å². The highest BCUT2D eigenvalue weighted by atomic mass is 79.9. The number of sulfonamides is 1. The second-order valence-corrected chi connectivity index (χ2v) is 7.45. The Labute approximate surface area is 150 Å². The lowest BCUT2D eigenvalue weighted by Gasteiger charge is -2.15. The van der Waals surface area contributed by atoms with Gasteiger partial charge in [-0.15, -0.1) is 13.2 Å². The SMILES string of the molecule is CC(=O)c1cccc(NS(=O)(=O)c2ccc(Br)cc2OC(F)(F)F)c1. The first-order valence-electron chi connectivity index (χ1n) is 6.67. The molecule has 2 aromatic rings. The number of carbonyl (C=O) groups is 1. The molecule has 0 fully saturated rings. The van der Waals surface area contributed by atoms with Crippen LogP contribution in [0.15, 0.2) is 51.8 Å². The van der Waals surface area contributed by atoms with E-state index >= 15 is 0 Å². The van der Waals surface area contributed by atoms with Crippen LogP contribution in [-0.4, -0.2) is 20.6 Å². The Balaban J connectivity index is 2.43. The Hall–Kier alpha value is -2.07. The van der Waals surface area contributed by atoms with Crippen molar-refractivity contribution >= 4 is 37.4 Å².